The third-order valence-corrected chi connectivity index (χ3v) is 3.62. The topological polar surface area (TPSA) is 125 Å². The normalized spacial score (nSPS) is 21.6. The molecule has 8 nitrogen and oxygen atoms in total. The zero-order valence-corrected chi connectivity index (χ0v) is 10.7. The molecule has 1 aliphatic rings. The molecule has 1 aromatic rings. The molecule has 108 valence electrons. The van der Waals surface area contributed by atoms with Crippen molar-refractivity contribution >= 4 is 17.6 Å². The van der Waals surface area contributed by atoms with E-state index in [1.807, 2.05) is 0 Å². The summed E-state index contributed by atoms with van der Waals surface area (Å²) in [4.78, 5) is 35.3. The van der Waals surface area contributed by atoms with Crippen LogP contribution in [0.2, 0.25) is 0 Å². The maximum Gasteiger partial charge on any atom is 0.306 e. The molecule has 1 aliphatic carbocycles. The van der Waals surface area contributed by atoms with Crippen molar-refractivity contribution in [2.45, 2.75) is 19.3 Å². The van der Waals surface area contributed by atoms with Gasteiger partial charge < -0.3 is 15.4 Å². The predicted molar refractivity (Wildman–Crippen MR) is 68.2 cm³/mol. The molecule has 8 heteroatoms. The summed E-state index contributed by atoms with van der Waals surface area (Å²) in [6.07, 6.45) is 3.38. The van der Waals surface area contributed by atoms with Crippen molar-refractivity contribution in [3.63, 3.8) is 0 Å². The minimum atomic E-state index is -0.836. The van der Waals surface area contributed by atoms with E-state index in [1.165, 1.54) is 0 Å². The summed E-state index contributed by atoms with van der Waals surface area (Å²) in [6.45, 7) is 0.266. The number of carboxylic acids is 1. The number of aliphatic carboxylic acids is 1. The first-order chi connectivity index (χ1) is 9.49. The average molecular weight is 281 g/mol. The van der Waals surface area contributed by atoms with E-state index in [1.54, 1.807) is 0 Å². The van der Waals surface area contributed by atoms with Gasteiger partial charge in [-0.25, -0.2) is 0 Å². The Balaban J connectivity index is 1.91. The quantitative estimate of drug-likeness (QED) is 0.551. The molecule has 2 atom stereocenters. The molecule has 1 saturated carbocycles. The Morgan fingerprint density at radius 3 is 2.85 bits per heavy atom. The Kier molecular flexibility index (Phi) is 4.02. The van der Waals surface area contributed by atoms with Gasteiger partial charge in [0, 0.05) is 12.6 Å². The van der Waals surface area contributed by atoms with Gasteiger partial charge in [-0.3, -0.25) is 19.7 Å². The lowest BCUT2D eigenvalue weighted by Gasteiger charge is -2.15. The molecule has 0 spiro atoms. The predicted octanol–water partition coefficient (Wildman–Crippen LogP) is 1.15. The molecule has 0 aliphatic heterocycles. The largest absolute Gasteiger partial charge is 0.481 e. The van der Waals surface area contributed by atoms with Gasteiger partial charge in [-0.15, -0.1) is 0 Å². The molecule has 0 radical (unpaired) electrons. The molecule has 0 bridgehead atoms. The van der Waals surface area contributed by atoms with Crippen LogP contribution >= 0.6 is 0 Å². The first-order valence-electron chi connectivity index (χ1n) is 6.33. The van der Waals surface area contributed by atoms with Gasteiger partial charge in [-0.2, -0.15) is 0 Å². The van der Waals surface area contributed by atoms with E-state index in [-0.39, 0.29) is 23.8 Å². The van der Waals surface area contributed by atoms with E-state index in [4.69, 9.17) is 5.11 Å². The van der Waals surface area contributed by atoms with Gasteiger partial charge in [-0.1, -0.05) is 6.42 Å². The van der Waals surface area contributed by atoms with Crippen LogP contribution in [0.25, 0.3) is 0 Å². The SMILES string of the molecule is O=C(NCC1CCCC1C(=O)O)c1cc([N+](=O)[O-])c[nH]1. The number of nitro groups is 1. The van der Waals surface area contributed by atoms with Crippen molar-refractivity contribution in [1.82, 2.24) is 10.3 Å². The standard InChI is InChI=1S/C12H15N3O5/c16-11(10-4-8(6-13-10)15(19)20)14-5-7-2-1-3-9(7)12(17)18/h4,6-7,9,13H,1-3,5H2,(H,14,16)(H,17,18). The van der Waals surface area contributed by atoms with Crippen LogP contribution < -0.4 is 5.32 Å². The van der Waals surface area contributed by atoms with Crippen molar-refractivity contribution in [2.24, 2.45) is 11.8 Å². The molecule has 0 aromatic carbocycles. The minimum absolute atomic E-state index is 0.0820. The molecule has 2 rings (SSSR count). The van der Waals surface area contributed by atoms with Crippen LogP contribution in [0.4, 0.5) is 5.69 Å². The highest BCUT2D eigenvalue weighted by Gasteiger charge is 2.33. The van der Waals surface area contributed by atoms with Crippen LogP contribution in [-0.2, 0) is 4.79 Å². The van der Waals surface area contributed by atoms with Gasteiger partial charge in [0.1, 0.15) is 5.69 Å². The van der Waals surface area contributed by atoms with Crippen LogP contribution in [0.15, 0.2) is 12.3 Å². The van der Waals surface area contributed by atoms with E-state index in [2.05, 4.69) is 10.3 Å². The second kappa shape index (κ2) is 5.72. The molecular formula is C12H15N3O5. The number of nitrogens with zero attached hydrogens (tertiary/aromatic N) is 1. The van der Waals surface area contributed by atoms with E-state index >= 15 is 0 Å². The fourth-order valence-corrected chi connectivity index (χ4v) is 2.54. The van der Waals surface area contributed by atoms with Crippen molar-refractivity contribution < 1.29 is 19.6 Å². The van der Waals surface area contributed by atoms with Gasteiger partial charge in [-0.05, 0) is 18.8 Å². The van der Waals surface area contributed by atoms with Gasteiger partial charge in [0.25, 0.3) is 11.6 Å². The van der Waals surface area contributed by atoms with Gasteiger partial charge in [0.15, 0.2) is 0 Å². The van der Waals surface area contributed by atoms with Crippen LogP contribution in [0.5, 0.6) is 0 Å². The Morgan fingerprint density at radius 1 is 1.50 bits per heavy atom. The first kappa shape index (κ1) is 14.0. The average Bonchev–Trinajstić information content (AvgIpc) is 3.04. The van der Waals surface area contributed by atoms with Gasteiger partial charge in [0.05, 0.1) is 17.0 Å². The van der Waals surface area contributed by atoms with Gasteiger partial charge in [0.2, 0.25) is 0 Å². The molecular weight excluding hydrogens is 266 g/mol. The Labute approximate surface area is 114 Å². The second-order valence-corrected chi connectivity index (χ2v) is 4.87. The van der Waals surface area contributed by atoms with Crippen LogP contribution in [-0.4, -0.2) is 33.4 Å². The smallest absolute Gasteiger partial charge is 0.306 e. The van der Waals surface area contributed by atoms with Crippen LogP contribution in [0.3, 0.4) is 0 Å². The van der Waals surface area contributed by atoms with Crippen molar-refractivity contribution in [1.29, 1.82) is 0 Å². The number of amides is 1. The number of rotatable bonds is 5. The summed E-state index contributed by atoms with van der Waals surface area (Å²) in [5.41, 5.74) is -0.0824. The molecule has 20 heavy (non-hydrogen) atoms. The highest BCUT2D eigenvalue weighted by Crippen LogP contribution is 2.31. The molecule has 1 amide bonds. The summed E-state index contributed by atoms with van der Waals surface area (Å²) in [5, 5.41) is 22.2. The number of carboxylic acid groups (broad SMARTS) is 1. The maximum atomic E-state index is 11.8. The maximum absolute atomic E-state index is 11.8. The molecule has 1 aromatic heterocycles. The summed E-state index contributed by atoms with van der Waals surface area (Å²) < 4.78 is 0. The number of hydrogen-bond acceptors (Lipinski definition) is 4. The summed E-state index contributed by atoms with van der Waals surface area (Å²) in [7, 11) is 0. The van der Waals surface area contributed by atoms with Crippen LogP contribution in [0, 0.1) is 22.0 Å². The number of aromatic amines is 1. The third kappa shape index (κ3) is 2.95. The number of carbonyl (C=O) groups excluding carboxylic acids is 1. The van der Waals surface area contributed by atoms with Crippen molar-refractivity contribution in [2.75, 3.05) is 6.54 Å². The Hall–Kier alpha value is -2.38. The van der Waals surface area contributed by atoms with Crippen molar-refractivity contribution in [3.8, 4) is 0 Å². The fraction of sp³-hybridized carbons (Fsp3) is 0.500. The lowest BCUT2D eigenvalue weighted by Crippen LogP contribution is -2.33. The minimum Gasteiger partial charge on any atom is -0.481 e. The van der Waals surface area contributed by atoms with Crippen LogP contribution in [0.1, 0.15) is 29.8 Å². The van der Waals surface area contributed by atoms with Crippen molar-refractivity contribution in [3.05, 3.63) is 28.1 Å². The van der Waals surface area contributed by atoms with E-state index in [9.17, 15) is 19.7 Å². The third-order valence-electron chi connectivity index (χ3n) is 3.62. The molecule has 1 heterocycles. The Bertz CT molecular complexity index is 539. The first-order valence-corrected chi connectivity index (χ1v) is 6.33. The highest BCUT2D eigenvalue weighted by molar-refractivity contribution is 5.93. The number of H-pyrrole nitrogens is 1. The second-order valence-electron chi connectivity index (χ2n) is 4.87. The number of hydrogen-bond donors (Lipinski definition) is 3. The van der Waals surface area contributed by atoms with E-state index in [0.29, 0.717) is 6.42 Å². The lowest BCUT2D eigenvalue weighted by molar-refractivity contribution is -0.384. The molecule has 0 saturated heterocycles. The highest BCUT2D eigenvalue weighted by atomic mass is 16.6. The Morgan fingerprint density at radius 2 is 2.25 bits per heavy atom. The molecule has 2 unspecified atom stereocenters. The summed E-state index contributed by atoms with van der Waals surface area (Å²) in [5.74, 6) is -1.80. The van der Waals surface area contributed by atoms with Gasteiger partial charge >= 0.3 is 5.97 Å². The number of nitrogens with one attached hydrogen (secondary N) is 2. The van der Waals surface area contributed by atoms with E-state index < -0.39 is 22.7 Å². The zero-order chi connectivity index (χ0) is 14.7. The molecule has 1 fully saturated rings. The number of aromatic nitrogens is 1. The van der Waals surface area contributed by atoms with E-state index in [0.717, 1.165) is 25.1 Å². The zero-order valence-electron chi connectivity index (χ0n) is 10.7. The summed E-state index contributed by atoms with van der Waals surface area (Å²) >= 11 is 0. The number of carbonyl (C=O) groups is 2. The molecule has 3 N–H and O–H groups in total. The fourth-order valence-electron chi connectivity index (χ4n) is 2.54. The monoisotopic (exact) mass is 281 g/mol. The lowest BCUT2D eigenvalue weighted by atomic mass is 9.96. The summed E-state index contributed by atoms with van der Waals surface area (Å²) in [6, 6.07) is 1.15.